The van der Waals surface area contributed by atoms with Crippen LogP contribution in [0.2, 0.25) is 5.02 Å². The van der Waals surface area contributed by atoms with Gasteiger partial charge in [-0.1, -0.05) is 56.1 Å². The van der Waals surface area contributed by atoms with Gasteiger partial charge in [0.15, 0.2) is 0 Å². The Kier molecular flexibility index (Phi) is 5.14. The highest BCUT2D eigenvalue weighted by atomic mass is 35.5. The summed E-state index contributed by atoms with van der Waals surface area (Å²) in [5, 5.41) is 11.3. The maximum atomic E-state index is 11.4. The van der Waals surface area contributed by atoms with Crippen molar-refractivity contribution < 1.29 is 9.90 Å². The molecule has 1 heterocycles. The number of aromatic carboxylic acids is 1. The van der Waals surface area contributed by atoms with Crippen LogP contribution in [-0.2, 0) is 19.4 Å². The highest BCUT2D eigenvalue weighted by molar-refractivity contribution is 6.31. The molecule has 0 fully saturated rings. The number of hydrogen-bond acceptors (Lipinski definition) is 1. The zero-order valence-electron chi connectivity index (χ0n) is 14.6. The predicted octanol–water partition coefficient (Wildman–Crippen LogP) is 5.56. The summed E-state index contributed by atoms with van der Waals surface area (Å²) in [6.45, 7) is 4.96. The summed E-state index contributed by atoms with van der Waals surface area (Å²) in [6.07, 6.45) is 2.94. The molecule has 0 saturated carbocycles. The molecule has 1 N–H and O–H groups in total. The second kappa shape index (κ2) is 7.32. The number of aryl methyl sites for hydroxylation is 1. The minimum atomic E-state index is -0.900. The van der Waals surface area contributed by atoms with Gasteiger partial charge in [-0.05, 0) is 42.2 Å². The van der Waals surface area contributed by atoms with Crippen LogP contribution in [0.25, 0.3) is 10.9 Å². The third-order valence-corrected chi connectivity index (χ3v) is 5.02. The van der Waals surface area contributed by atoms with Crippen molar-refractivity contribution in [2.45, 2.75) is 39.7 Å². The molecule has 0 aliphatic heterocycles. The lowest BCUT2D eigenvalue weighted by atomic mass is 10.0. The highest BCUT2D eigenvalue weighted by Gasteiger charge is 2.18. The first-order valence-corrected chi connectivity index (χ1v) is 9.05. The maximum Gasteiger partial charge on any atom is 0.335 e. The van der Waals surface area contributed by atoms with Crippen molar-refractivity contribution in [2.24, 2.45) is 0 Å². The Morgan fingerprint density at radius 3 is 2.56 bits per heavy atom. The molecule has 2 aromatic carbocycles. The number of aromatic nitrogens is 1. The number of carbonyl (C=O) groups is 1. The number of fused-ring (bicyclic) bond motifs is 1. The molecule has 0 amide bonds. The molecule has 0 aliphatic carbocycles. The van der Waals surface area contributed by atoms with Crippen molar-refractivity contribution in [3.8, 4) is 0 Å². The van der Waals surface area contributed by atoms with Gasteiger partial charge in [-0.2, -0.15) is 0 Å². The van der Waals surface area contributed by atoms with E-state index < -0.39 is 5.97 Å². The van der Waals surface area contributed by atoms with E-state index in [0.717, 1.165) is 40.8 Å². The van der Waals surface area contributed by atoms with Crippen LogP contribution < -0.4 is 0 Å². The lowest BCUT2D eigenvalue weighted by Crippen LogP contribution is -2.06. The third kappa shape index (κ3) is 3.29. The fourth-order valence-electron chi connectivity index (χ4n) is 3.52. The Balaban J connectivity index is 2.24. The van der Waals surface area contributed by atoms with Gasteiger partial charge < -0.3 is 9.67 Å². The standard InChI is InChI=1S/C21H22ClNO2/c1-3-7-16-17-11-10-14(21(24)25)12-20(17)23(19(16)4-2)13-15-8-5-6-9-18(15)22/h5-6,8-12H,3-4,7,13H2,1-2H3,(H,24,25). The van der Waals surface area contributed by atoms with Crippen LogP contribution in [0.4, 0.5) is 0 Å². The number of carboxylic acid groups (broad SMARTS) is 1. The fraction of sp³-hybridized carbons (Fsp3) is 0.286. The number of carboxylic acids is 1. The topological polar surface area (TPSA) is 42.2 Å². The van der Waals surface area contributed by atoms with Gasteiger partial charge in [-0.3, -0.25) is 0 Å². The molecule has 25 heavy (non-hydrogen) atoms. The van der Waals surface area contributed by atoms with Gasteiger partial charge in [-0.15, -0.1) is 0 Å². The van der Waals surface area contributed by atoms with E-state index in [2.05, 4.69) is 18.4 Å². The summed E-state index contributed by atoms with van der Waals surface area (Å²) in [4.78, 5) is 11.4. The first kappa shape index (κ1) is 17.6. The minimum Gasteiger partial charge on any atom is -0.478 e. The molecular formula is C21H22ClNO2. The van der Waals surface area contributed by atoms with E-state index in [-0.39, 0.29) is 0 Å². The van der Waals surface area contributed by atoms with Crippen LogP contribution in [0.3, 0.4) is 0 Å². The number of nitrogens with zero attached hydrogens (tertiary/aromatic N) is 1. The molecular weight excluding hydrogens is 334 g/mol. The maximum absolute atomic E-state index is 11.4. The lowest BCUT2D eigenvalue weighted by Gasteiger charge is -2.12. The van der Waals surface area contributed by atoms with E-state index >= 15 is 0 Å². The zero-order chi connectivity index (χ0) is 18.0. The molecule has 3 nitrogen and oxygen atoms in total. The molecule has 0 bridgehead atoms. The Morgan fingerprint density at radius 1 is 1.16 bits per heavy atom. The summed E-state index contributed by atoms with van der Waals surface area (Å²) in [7, 11) is 0. The summed E-state index contributed by atoms with van der Waals surface area (Å²) >= 11 is 6.36. The average molecular weight is 356 g/mol. The Labute approximate surface area is 152 Å². The van der Waals surface area contributed by atoms with Crippen LogP contribution in [0.1, 0.15) is 47.4 Å². The average Bonchev–Trinajstić information content (AvgIpc) is 2.89. The van der Waals surface area contributed by atoms with Crippen molar-refractivity contribution in [3.63, 3.8) is 0 Å². The lowest BCUT2D eigenvalue weighted by molar-refractivity contribution is 0.0697. The van der Waals surface area contributed by atoms with Gasteiger partial charge in [0, 0.05) is 28.2 Å². The molecule has 4 heteroatoms. The molecule has 1 aromatic heterocycles. The molecule has 3 aromatic rings. The van der Waals surface area contributed by atoms with E-state index in [1.165, 1.54) is 11.3 Å². The van der Waals surface area contributed by atoms with Gasteiger partial charge in [0.1, 0.15) is 0 Å². The van der Waals surface area contributed by atoms with Crippen LogP contribution >= 0.6 is 11.6 Å². The van der Waals surface area contributed by atoms with Crippen LogP contribution in [0.15, 0.2) is 42.5 Å². The normalized spacial score (nSPS) is 11.2. The summed E-state index contributed by atoms with van der Waals surface area (Å²) in [5.41, 5.74) is 4.92. The van der Waals surface area contributed by atoms with E-state index in [9.17, 15) is 9.90 Å². The van der Waals surface area contributed by atoms with Crippen molar-refractivity contribution >= 4 is 28.5 Å². The first-order valence-electron chi connectivity index (χ1n) is 8.67. The second-order valence-corrected chi connectivity index (χ2v) is 6.65. The minimum absolute atomic E-state index is 0.316. The van der Waals surface area contributed by atoms with Crippen LogP contribution in [-0.4, -0.2) is 15.6 Å². The number of benzene rings is 2. The van der Waals surface area contributed by atoms with Crippen LogP contribution in [0.5, 0.6) is 0 Å². The second-order valence-electron chi connectivity index (χ2n) is 6.24. The Hall–Kier alpha value is -2.26. The molecule has 0 radical (unpaired) electrons. The highest BCUT2D eigenvalue weighted by Crippen LogP contribution is 2.31. The fourth-order valence-corrected chi connectivity index (χ4v) is 3.71. The molecule has 3 rings (SSSR count). The van der Waals surface area contributed by atoms with Gasteiger partial charge in [-0.25, -0.2) is 4.79 Å². The van der Waals surface area contributed by atoms with Gasteiger partial charge in [0.25, 0.3) is 0 Å². The molecule has 0 atom stereocenters. The molecule has 0 spiro atoms. The van der Waals surface area contributed by atoms with E-state index in [4.69, 9.17) is 11.6 Å². The van der Waals surface area contributed by atoms with Crippen molar-refractivity contribution in [3.05, 3.63) is 69.9 Å². The molecule has 0 unspecified atom stereocenters. The van der Waals surface area contributed by atoms with E-state index in [0.29, 0.717) is 12.1 Å². The van der Waals surface area contributed by atoms with Crippen molar-refractivity contribution in [1.29, 1.82) is 0 Å². The number of rotatable bonds is 6. The van der Waals surface area contributed by atoms with Crippen molar-refractivity contribution in [1.82, 2.24) is 4.57 Å². The van der Waals surface area contributed by atoms with Gasteiger partial charge in [0.2, 0.25) is 0 Å². The Morgan fingerprint density at radius 2 is 1.92 bits per heavy atom. The molecule has 0 saturated heterocycles. The monoisotopic (exact) mass is 355 g/mol. The predicted molar refractivity (Wildman–Crippen MR) is 103 cm³/mol. The van der Waals surface area contributed by atoms with Crippen molar-refractivity contribution in [2.75, 3.05) is 0 Å². The largest absolute Gasteiger partial charge is 0.478 e. The Bertz CT molecular complexity index is 927. The third-order valence-electron chi connectivity index (χ3n) is 4.66. The molecule has 0 aliphatic rings. The summed E-state index contributed by atoms with van der Waals surface area (Å²) in [6, 6.07) is 13.2. The smallest absolute Gasteiger partial charge is 0.335 e. The van der Waals surface area contributed by atoms with Crippen LogP contribution in [0, 0.1) is 0 Å². The zero-order valence-corrected chi connectivity index (χ0v) is 15.3. The molecule has 130 valence electrons. The summed E-state index contributed by atoms with van der Waals surface area (Å²) in [5.74, 6) is -0.900. The SMILES string of the molecule is CCCc1c(CC)n(Cc2ccccc2Cl)c2cc(C(=O)O)ccc12. The first-order chi connectivity index (χ1) is 12.1. The van der Waals surface area contributed by atoms with E-state index in [1.54, 1.807) is 12.1 Å². The number of halogens is 1. The number of hydrogen-bond donors (Lipinski definition) is 1. The van der Waals surface area contributed by atoms with E-state index in [1.807, 2.05) is 30.3 Å². The van der Waals surface area contributed by atoms with Gasteiger partial charge in [0.05, 0.1) is 5.56 Å². The quantitative estimate of drug-likeness (QED) is 0.629. The van der Waals surface area contributed by atoms with Gasteiger partial charge >= 0.3 is 5.97 Å². The summed E-state index contributed by atoms with van der Waals surface area (Å²) < 4.78 is 2.23.